The van der Waals surface area contributed by atoms with E-state index in [9.17, 15) is 9.65 Å². The number of rotatable bonds is 3. The molecular formula is C18H17FN4Si. The lowest BCUT2D eigenvalue weighted by molar-refractivity contribution is 0.628. The van der Waals surface area contributed by atoms with E-state index in [4.69, 9.17) is 0 Å². The lowest BCUT2D eigenvalue weighted by Gasteiger charge is -2.10. The van der Waals surface area contributed by atoms with Crippen LogP contribution in [0.5, 0.6) is 0 Å². The van der Waals surface area contributed by atoms with Gasteiger partial charge < -0.3 is 0 Å². The summed E-state index contributed by atoms with van der Waals surface area (Å²) in [7, 11) is -1.58. The highest BCUT2D eigenvalue weighted by molar-refractivity contribution is 6.88. The first-order valence-corrected chi connectivity index (χ1v) is 11.1. The van der Waals surface area contributed by atoms with Gasteiger partial charge in [0.05, 0.1) is 16.6 Å². The molecule has 6 heteroatoms. The predicted octanol–water partition coefficient (Wildman–Crippen LogP) is 3.49. The molecule has 0 amide bonds. The second-order valence-corrected chi connectivity index (χ2v) is 11.7. The summed E-state index contributed by atoms with van der Waals surface area (Å²) in [5, 5.41) is 18.8. The second-order valence-electron chi connectivity index (χ2n) is 6.65. The van der Waals surface area contributed by atoms with Crippen LogP contribution in [0.2, 0.25) is 19.6 Å². The molecule has 0 unspecified atom stereocenters. The molecule has 0 radical (unpaired) electrons. The number of hydrogen-bond acceptors (Lipinski definition) is 3. The van der Waals surface area contributed by atoms with Gasteiger partial charge in [-0.3, -0.25) is 0 Å². The highest BCUT2D eigenvalue weighted by atomic mass is 28.3. The molecule has 4 nitrogen and oxygen atoms in total. The van der Waals surface area contributed by atoms with Crippen LogP contribution in [-0.4, -0.2) is 23.1 Å². The van der Waals surface area contributed by atoms with Gasteiger partial charge in [0, 0.05) is 6.20 Å². The molecule has 0 spiro atoms. The molecule has 0 aliphatic carbocycles. The van der Waals surface area contributed by atoms with E-state index in [1.807, 2.05) is 18.3 Å². The normalized spacial score (nSPS) is 11.3. The lowest BCUT2D eigenvalue weighted by Crippen LogP contribution is -2.38. The summed E-state index contributed by atoms with van der Waals surface area (Å²) in [5.41, 5.74) is 2.98. The molecule has 0 N–H and O–H groups in total. The monoisotopic (exact) mass is 336 g/mol. The fourth-order valence-electron chi connectivity index (χ4n) is 2.36. The van der Waals surface area contributed by atoms with Gasteiger partial charge in [0.25, 0.3) is 0 Å². The van der Waals surface area contributed by atoms with Crippen molar-refractivity contribution in [2.45, 2.75) is 19.6 Å². The molecule has 24 heavy (non-hydrogen) atoms. The number of halogens is 1. The molecule has 2 aromatic carbocycles. The number of aromatic nitrogens is 3. The Kier molecular flexibility index (Phi) is 4.04. The molecule has 0 aliphatic rings. The number of nitrogens with zero attached hydrogens (tertiary/aromatic N) is 4. The maximum atomic E-state index is 13.1. The minimum Gasteiger partial charge on any atom is -0.220 e. The molecular weight excluding hydrogens is 319 g/mol. The van der Waals surface area contributed by atoms with Crippen molar-refractivity contribution in [1.29, 1.82) is 5.26 Å². The highest BCUT2D eigenvalue weighted by Gasteiger charge is 2.21. The van der Waals surface area contributed by atoms with Crippen molar-refractivity contribution in [2.24, 2.45) is 0 Å². The van der Waals surface area contributed by atoms with Gasteiger partial charge in [-0.15, -0.1) is 5.10 Å². The molecule has 3 rings (SSSR count). The van der Waals surface area contributed by atoms with E-state index in [2.05, 4.69) is 36.0 Å². The summed E-state index contributed by atoms with van der Waals surface area (Å²) in [6, 6.07) is 14.0. The third-order valence-corrected chi connectivity index (χ3v) is 5.57. The lowest BCUT2D eigenvalue weighted by atomic mass is 10.0. The van der Waals surface area contributed by atoms with Gasteiger partial charge in [-0.2, -0.15) is 5.26 Å². The molecule has 0 saturated heterocycles. The molecule has 0 aliphatic heterocycles. The van der Waals surface area contributed by atoms with Gasteiger partial charge in [0.15, 0.2) is 0 Å². The van der Waals surface area contributed by atoms with Gasteiger partial charge in [0.1, 0.15) is 20.0 Å². The predicted molar refractivity (Wildman–Crippen MR) is 94.4 cm³/mol. The van der Waals surface area contributed by atoms with Crippen molar-refractivity contribution >= 4 is 13.4 Å². The SMILES string of the molecule is C[Si](C)(C)c1cn(-c2cc(-c3ccc(F)cc3)ccc2C#N)nn1. The summed E-state index contributed by atoms with van der Waals surface area (Å²) in [6.45, 7) is 6.59. The van der Waals surface area contributed by atoms with E-state index in [0.29, 0.717) is 11.3 Å². The minimum atomic E-state index is -1.58. The first-order chi connectivity index (χ1) is 11.4. The van der Waals surface area contributed by atoms with Crippen molar-refractivity contribution in [2.75, 3.05) is 0 Å². The van der Waals surface area contributed by atoms with Crippen LogP contribution in [0, 0.1) is 17.1 Å². The van der Waals surface area contributed by atoms with Crippen LogP contribution in [0.4, 0.5) is 4.39 Å². The van der Waals surface area contributed by atoms with Crippen LogP contribution in [0.25, 0.3) is 16.8 Å². The highest BCUT2D eigenvalue weighted by Crippen LogP contribution is 2.24. The molecule has 0 bridgehead atoms. The smallest absolute Gasteiger partial charge is 0.123 e. The van der Waals surface area contributed by atoms with Crippen molar-refractivity contribution in [3.63, 3.8) is 0 Å². The van der Waals surface area contributed by atoms with Crippen molar-refractivity contribution in [3.8, 4) is 22.9 Å². The standard InChI is InChI=1S/C18H17FN4Si/c1-24(2,3)18-12-23(22-21-18)17-10-14(4-5-15(17)11-20)13-6-8-16(19)9-7-13/h4-10,12H,1-3H3. The van der Waals surface area contributed by atoms with E-state index >= 15 is 0 Å². The van der Waals surface area contributed by atoms with Gasteiger partial charge in [0.2, 0.25) is 0 Å². The number of hydrogen-bond donors (Lipinski definition) is 0. The Bertz CT molecular complexity index is 917. The van der Waals surface area contributed by atoms with Crippen LogP contribution in [-0.2, 0) is 0 Å². The van der Waals surface area contributed by atoms with Crippen molar-refractivity contribution in [1.82, 2.24) is 15.0 Å². The summed E-state index contributed by atoms with van der Waals surface area (Å²) >= 11 is 0. The maximum absolute atomic E-state index is 13.1. The Labute approximate surface area is 141 Å². The zero-order valence-electron chi connectivity index (χ0n) is 13.8. The Balaban J connectivity index is 2.09. The Morgan fingerprint density at radius 3 is 2.29 bits per heavy atom. The van der Waals surface area contributed by atoms with Gasteiger partial charge in [-0.05, 0) is 35.4 Å². The first kappa shape index (κ1) is 16.1. The number of nitriles is 1. The molecule has 0 saturated carbocycles. The largest absolute Gasteiger partial charge is 0.220 e. The van der Waals surface area contributed by atoms with Crippen LogP contribution >= 0.6 is 0 Å². The summed E-state index contributed by atoms with van der Waals surface area (Å²) in [5.74, 6) is -0.274. The van der Waals surface area contributed by atoms with Crippen LogP contribution < -0.4 is 5.32 Å². The van der Waals surface area contributed by atoms with Gasteiger partial charge in [-0.1, -0.05) is 43.1 Å². The van der Waals surface area contributed by atoms with Crippen LogP contribution in [0.1, 0.15) is 5.56 Å². The Morgan fingerprint density at radius 2 is 1.71 bits per heavy atom. The zero-order valence-corrected chi connectivity index (χ0v) is 14.8. The van der Waals surface area contributed by atoms with Crippen LogP contribution in [0.3, 0.4) is 0 Å². The minimum absolute atomic E-state index is 0.274. The average molecular weight is 336 g/mol. The van der Waals surface area contributed by atoms with Crippen LogP contribution in [0.15, 0.2) is 48.7 Å². The third-order valence-electron chi connectivity index (χ3n) is 3.80. The fourth-order valence-corrected chi connectivity index (χ4v) is 3.22. The third kappa shape index (κ3) is 3.12. The number of benzene rings is 2. The maximum Gasteiger partial charge on any atom is 0.123 e. The van der Waals surface area contributed by atoms with E-state index in [1.54, 1.807) is 22.9 Å². The van der Waals surface area contributed by atoms with Crippen molar-refractivity contribution in [3.05, 3.63) is 60.0 Å². The quantitative estimate of drug-likeness (QED) is 0.688. The zero-order chi connectivity index (χ0) is 17.3. The summed E-state index contributed by atoms with van der Waals surface area (Å²) in [4.78, 5) is 0. The van der Waals surface area contributed by atoms with E-state index in [-0.39, 0.29) is 5.82 Å². The van der Waals surface area contributed by atoms with Crippen molar-refractivity contribution < 1.29 is 4.39 Å². The molecule has 0 fully saturated rings. The molecule has 0 atom stereocenters. The van der Waals surface area contributed by atoms with E-state index in [1.165, 1.54) is 12.1 Å². The fraction of sp³-hybridized carbons (Fsp3) is 0.167. The summed E-state index contributed by atoms with van der Waals surface area (Å²) in [6.07, 6.45) is 1.90. The first-order valence-electron chi connectivity index (χ1n) is 7.62. The van der Waals surface area contributed by atoms with Gasteiger partial charge >= 0.3 is 0 Å². The van der Waals surface area contributed by atoms with E-state index < -0.39 is 8.07 Å². The molecule has 120 valence electrons. The molecule has 1 aromatic heterocycles. The average Bonchev–Trinajstić information content (AvgIpc) is 3.05. The summed E-state index contributed by atoms with van der Waals surface area (Å²) < 4.78 is 14.8. The topological polar surface area (TPSA) is 54.5 Å². The Hall–Kier alpha value is -2.78. The second kappa shape index (κ2) is 6.02. The molecule has 3 aromatic rings. The Morgan fingerprint density at radius 1 is 1.04 bits per heavy atom. The van der Waals surface area contributed by atoms with E-state index in [0.717, 1.165) is 16.4 Å². The van der Waals surface area contributed by atoms with Gasteiger partial charge in [-0.25, -0.2) is 9.07 Å². The molecule has 1 heterocycles.